The summed E-state index contributed by atoms with van der Waals surface area (Å²) in [6.07, 6.45) is 12.3. The Balaban J connectivity index is 1.75. The monoisotopic (exact) mass is 366 g/mol. The van der Waals surface area contributed by atoms with Gasteiger partial charge in [0.1, 0.15) is 6.54 Å². The van der Waals surface area contributed by atoms with E-state index in [-0.39, 0.29) is 5.91 Å². The lowest BCUT2D eigenvalue weighted by Gasteiger charge is -2.11. The van der Waals surface area contributed by atoms with Gasteiger partial charge in [0.05, 0.1) is 0 Å². The van der Waals surface area contributed by atoms with Crippen LogP contribution in [0.3, 0.4) is 0 Å². The van der Waals surface area contributed by atoms with E-state index >= 15 is 0 Å². The summed E-state index contributed by atoms with van der Waals surface area (Å²) in [5.74, 6) is 0.164. The number of aryl methyl sites for hydroxylation is 1. The number of carbonyl (C=O) groups excluding carboxylic acids is 1. The molecule has 1 aromatic heterocycles. The summed E-state index contributed by atoms with van der Waals surface area (Å²) in [6, 6.07) is 12.8. The van der Waals surface area contributed by atoms with Crippen LogP contribution in [0.1, 0.15) is 43.7 Å². The second-order valence-corrected chi connectivity index (χ2v) is 6.95. The van der Waals surface area contributed by atoms with Crippen LogP contribution in [0.15, 0.2) is 48.8 Å². The first-order valence-corrected chi connectivity index (χ1v) is 9.80. The first-order valence-electron chi connectivity index (χ1n) is 9.80. The van der Waals surface area contributed by atoms with Crippen LogP contribution in [-0.4, -0.2) is 26.5 Å². The summed E-state index contributed by atoms with van der Waals surface area (Å²) in [7, 11) is 4.10. The van der Waals surface area contributed by atoms with Crippen LogP contribution < -0.4 is 14.8 Å². The van der Waals surface area contributed by atoms with Crippen molar-refractivity contribution in [2.45, 2.75) is 39.2 Å². The normalized spacial score (nSPS) is 10.9. The maximum absolute atomic E-state index is 11.4. The van der Waals surface area contributed by atoms with Crippen LogP contribution in [0.5, 0.6) is 0 Å². The van der Waals surface area contributed by atoms with Gasteiger partial charge in [-0.05, 0) is 43.0 Å². The molecule has 0 fully saturated rings. The van der Waals surface area contributed by atoms with Crippen LogP contribution in [0.4, 0.5) is 5.69 Å². The number of nitrogens with zero attached hydrogens (tertiary/aromatic N) is 2. The highest BCUT2D eigenvalue weighted by Gasteiger charge is 2.02. The molecule has 1 heterocycles. The lowest BCUT2D eigenvalue weighted by atomic mass is 10.1. The number of hydrogen-bond acceptors (Lipinski definition) is 2. The summed E-state index contributed by atoms with van der Waals surface area (Å²) >= 11 is 0. The van der Waals surface area contributed by atoms with Crippen molar-refractivity contribution in [3.63, 3.8) is 0 Å². The van der Waals surface area contributed by atoms with Gasteiger partial charge in [-0.2, -0.15) is 0 Å². The molecule has 0 aliphatic carbocycles. The van der Waals surface area contributed by atoms with Gasteiger partial charge in [-0.25, -0.2) is 4.57 Å². The summed E-state index contributed by atoms with van der Waals surface area (Å²) < 4.78 is 2.20. The molecular weight excluding hydrogens is 334 g/mol. The first kappa shape index (κ1) is 20.7. The van der Waals surface area contributed by atoms with E-state index in [9.17, 15) is 4.79 Å². The van der Waals surface area contributed by atoms with Gasteiger partial charge in [0.25, 0.3) is 0 Å². The Morgan fingerprint density at radius 2 is 1.59 bits per heavy atom. The third kappa shape index (κ3) is 7.65. The Morgan fingerprint density at radius 3 is 2.19 bits per heavy atom. The number of anilines is 1. The second kappa shape index (κ2) is 11.2. The molecule has 27 heavy (non-hydrogen) atoms. The minimum Gasteiger partial charge on any atom is -0.378 e. The van der Waals surface area contributed by atoms with Crippen molar-refractivity contribution in [2.24, 2.45) is 0 Å². The van der Waals surface area contributed by atoms with E-state index in [4.69, 9.17) is 0 Å². The number of unbranched alkanes of at least 4 members (excludes halogenated alkanes) is 2. The number of nitrogens with one attached hydrogen (secondary N) is 1. The van der Waals surface area contributed by atoms with E-state index in [1.165, 1.54) is 16.8 Å². The molecule has 2 rings (SSSR count). The summed E-state index contributed by atoms with van der Waals surface area (Å²) in [4.78, 5) is 13.5. The fourth-order valence-electron chi connectivity index (χ4n) is 2.85. The van der Waals surface area contributed by atoms with Crippen molar-refractivity contribution < 1.29 is 9.36 Å². The van der Waals surface area contributed by atoms with E-state index in [1.807, 2.05) is 21.0 Å². The molecule has 2 aromatic rings. The third-order valence-electron chi connectivity index (χ3n) is 4.49. The first-order chi connectivity index (χ1) is 13.1. The molecule has 0 saturated heterocycles. The smallest absolute Gasteiger partial charge is 0.219 e. The van der Waals surface area contributed by atoms with Gasteiger partial charge < -0.3 is 10.2 Å². The molecule has 0 aliphatic rings. The van der Waals surface area contributed by atoms with Gasteiger partial charge in [-0.1, -0.05) is 24.3 Å². The molecule has 0 spiro atoms. The van der Waals surface area contributed by atoms with Crippen LogP contribution in [0.25, 0.3) is 12.2 Å². The summed E-state index contributed by atoms with van der Waals surface area (Å²) in [5, 5.41) is 2.84. The van der Waals surface area contributed by atoms with E-state index in [1.54, 1.807) is 0 Å². The second-order valence-electron chi connectivity index (χ2n) is 6.95. The number of benzene rings is 1. The van der Waals surface area contributed by atoms with Crippen molar-refractivity contribution in [3.8, 4) is 0 Å². The van der Waals surface area contributed by atoms with E-state index in [0.29, 0.717) is 6.42 Å². The fourth-order valence-corrected chi connectivity index (χ4v) is 2.85. The molecule has 0 atom stereocenters. The predicted octanol–water partition coefficient (Wildman–Crippen LogP) is 3.91. The third-order valence-corrected chi connectivity index (χ3v) is 4.49. The Morgan fingerprint density at radius 1 is 0.963 bits per heavy atom. The van der Waals surface area contributed by atoms with Gasteiger partial charge in [-0.15, -0.1) is 0 Å². The molecule has 1 N–H and O–H groups in total. The average Bonchev–Trinajstić information content (AvgIpc) is 2.67. The van der Waals surface area contributed by atoms with Gasteiger partial charge in [0.15, 0.2) is 12.4 Å². The molecule has 0 radical (unpaired) electrons. The summed E-state index contributed by atoms with van der Waals surface area (Å²) in [6.45, 7) is 3.66. The number of rotatable bonds is 10. The molecule has 4 nitrogen and oxygen atoms in total. The number of aromatic nitrogens is 1. The molecule has 4 heteroatoms. The highest BCUT2D eigenvalue weighted by atomic mass is 16.1. The van der Waals surface area contributed by atoms with E-state index in [0.717, 1.165) is 32.4 Å². The zero-order chi connectivity index (χ0) is 19.5. The molecule has 1 amide bonds. The Bertz CT molecular complexity index is 718. The van der Waals surface area contributed by atoms with Gasteiger partial charge in [0.2, 0.25) is 5.91 Å². The van der Waals surface area contributed by atoms with Crippen molar-refractivity contribution in [1.29, 1.82) is 0 Å². The number of pyridine rings is 1. The topological polar surface area (TPSA) is 36.2 Å². The van der Waals surface area contributed by atoms with Crippen molar-refractivity contribution in [3.05, 3.63) is 59.9 Å². The zero-order valence-corrected chi connectivity index (χ0v) is 16.8. The SMILES string of the molecule is CCNC(=O)CCCCC[n+]1ccc(C=Cc2ccc(N(C)C)cc2)cc1. The molecule has 144 valence electrons. The van der Waals surface area contributed by atoms with Crippen LogP contribution in [0.2, 0.25) is 0 Å². The van der Waals surface area contributed by atoms with Gasteiger partial charge in [0, 0.05) is 51.3 Å². The Hall–Kier alpha value is -2.62. The molecule has 0 saturated carbocycles. The number of carbonyl (C=O) groups is 1. The lowest BCUT2D eigenvalue weighted by molar-refractivity contribution is -0.697. The highest BCUT2D eigenvalue weighted by molar-refractivity contribution is 5.75. The highest BCUT2D eigenvalue weighted by Crippen LogP contribution is 2.14. The number of hydrogen-bond donors (Lipinski definition) is 1. The largest absolute Gasteiger partial charge is 0.378 e. The zero-order valence-electron chi connectivity index (χ0n) is 16.8. The Labute approximate surface area is 163 Å². The minimum absolute atomic E-state index is 0.164. The standard InChI is InChI=1S/C23H31N3O/c1-4-24-23(27)8-6-5-7-17-26-18-15-21(16-19-26)10-9-20-11-13-22(14-12-20)25(2)3/h9-16,18-19H,4-8,17H2,1-3H3/p+1. The van der Waals surface area contributed by atoms with Gasteiger partial charge >= 0.3 is 0 Å². The minimum atomic E-state index is 0.164. The molecule has 0 unspecified atom stereocenters. The maximum atomic E-state index is 11.4. The molecule has 0 aliphatic heterocycles. The van der Waals surface area contributed by atoms with Crippen LogP contribution in [-0.2, 0) is 11.3 Å². The maximum Gasteiger partial charge on any atom is 0.219 e. The quantitative estimate of drug-likeness (QED) is 0.511. The summed E-state index contributed by atoms with van der Waals surface area (Å²) in [5.41, 5.74) is 3.60. The molecular formula is C23H32N3O+. The molecule has 1 aromatic carbocycles. The predicted molar refractivity (Wildman–Crippen MR) is 113 cm³/mol. The van der Waals surface area contributed by atoms with Crippen molar-refractivity contribution in [2.75, 3.05) is 25.5 Å². The van der Waals surface area contributed by atoms with E-state index < -0.39 is 0 Å². The lowest BCUT2D eigenvalue weighted by Crippen LogP contribution is -2.32. The molecule has 0 bridgehead atoms. The fraction of sp³-hybridized carbons (Fsp3) is 0.391. The van der Waals surface area contributed by atoms with Gasteiger partial charge in [-0.3, -0.25) is 4.79 Å². The average molecular weight is 367 g/mol. The van der Waals surface area contributed by atoms with Crippen LogP contribution >= 0.6 is 0 Å². The van der Waals surface area contributed by atoms with Crippen molar-refractivity contribution >= 4 is 23.7 Å². The van der Waals surface area contributed by atoms with Crippen molar-refractivity contribution in [1.82, 2.24) is 5.32 Å². The van der Waals surface area contributed by atoms with Crippen LogP contribution in [0, 0.1) is 0 Å². The number of amides is 1. The van der Waals surface area contributed by atoms with E-state index in [2.05, 4.69) is 75.7 Å². The Kier molecular flexibility index (Phi) is 8.56.